The van der Waals surface area contributed by atoms with E-state index in [9.17, 15) is 0 Å². The smallest absolute Gasteiger partial charge is 0.0510 e. The molecule has 2 aromatic heterocycles. The number of benzene rings is 3. The van der Waals surface area contributed by atoms with E-state index in [-0.39, 0.29) is 5.92 Å². The van der Waals surface area contributed by atoms with Crippen LogP contribution in [0.25, 0.3) is 33.1 Å². The van der Waals surface area contributed by atoms with Crippen LogP contribution in [0.4, 0.5) is 0 Å². The highest BCUT2D eigenvalue weighted by Gasteiger charge is 2.34. The molecular weight excluding hydrogens is 328 g/mol. The van der Waals surface area contributed by atoms with Crippen molar-refractivity contribution in [2.75, 3.05) is 0 Å². The van der Waals surface area contributed by atoms with Crippen molar-refractivity contribution < 1.29 is 0 Å². The van der Waals surface area contributed by atoms with Crippen molar-refractivity contribution in [3.8, 4) is 11.3 Å². The van der Waals surface area contributed by atoms with E-state index < -0.39 is 0 Å². The Morgan fingerprint density at radius 3 is 2.33 bits per heavy atom. The molecule has 0 spiro atoms. The van der Waals surface area contributed by atoms with E-state index in [0.717, 1.165) is 0 Å². The number of aromatic nitrogens is 2. The van der Waals surface area contributed by atoms with Crippen LogP contribution in [-0.4, -0.2) is 9.97 Å². The Balaban J connectivity index is 1.73. The third kappa shape index (κ3) is 1.95. The summed E-state index contributed by atoms with van der Waals surface area (Å²) in [5, 5.41) is 2.66. The maximum atomic E-state index is 3.70. The van der Waals surface area contributed by atoms with Crippen LogP contribution in [0, 0.1) is 13.8 Å². The highest BCUT2D eigenvalue weighted by molar-refractivity contribution is 5.98. The average molecular weight is 348 g/mol. The maximum Gasteiger partial charge on any atom is 0.0510 e. The van der Waals surface area contributed by atoms with Gasteiger partial charge in [0.1, 0.15) is 0 Å². The minimum atomic E-state index is 0.252. The molecular formula is C25H20N2. The monoisotopic (exact) mass is 348 g/mol. The summed E-state index contributed by atoms with van der Waals surface area (Å²) in [6.45, 7) is 4.34. The first kappa shape index (κ1) is 14.9. The van der Waals surface area contributed by atoms with Crippen molar-refractivity contribution in [1.82, 2.24) is 9.97 Å². The van der Waals surface area contributed by atoms with Gasteiger partial charge in [0, 0.05) is 39.5 Å². The van der Waals surface area contributed by atoms with Crippen LogP contribution in [0.15, 0.2) is 66.9 Å². The number of H-pyrrole nitrogens is 2. The summed E-state index contributed by atoms with van der Waals surface area (Å²) in [5.74, 6) is 0.252. The molecule has 0 radical (unpaired) electrons. The first-order chi connectivity index (χ1) is 13.2. The van der Waals surface area contributed by atoms with Gasteiger partial charge < -0.3 is 9.97 Å². The Morgan fingerprint density at radius 2 is 1.48 bits per heavy atom. The summed E-state index contributed by atoms with van der Waals surface area (Å²) >= 11 is 0. The van der Waals surface area contributed by atoms with Gasteiger partial charge in [-0.25, -0.2) is 0 Å². The van der Waals surface area contributed by atoms with E-state index in [2.05, 4.69) is 90.7 Å². The molecule has 0 aliphatic heterocycles. The van der Waals surface area contributed by atoms with Gasteiger partial charge in [-0.05, 0) is 54.8 Å². The second-order valence-corrected chi connectivity index (χ2v) is 7.78. The maximum absolute atomic E-state index is 3.70. The van der Waals surface area contributed by atoms with Gasteiger partial charge in [-0.15, -0.1) is 0 Å². The summed E-state index contributed by atoms with van der Waals surface area (Å²) in [7, 11) is 0. The van der Waals surface area contributed by atoms with Crippen LogP contribution in [0.2, 0.25) is 0 Å². The molecule has 1 aliphatic rings. The van der Waals surface area contributed by atoms with Crippen molar-refractivity contribution in [2.45, 2.75) is 19.8 Å². The second-order valence-electron chi connectivity index (χ2n) is 7.78. The molecule has 27 heavy (non-hydrogen) atoms. The normalized spacial score (nSPS) is 15.4. The van der Waals surface area contributed by atoms with Crippen LogP contribution >= 0.6 is 0 Å². The highest BCUT2D eigenvalue weighted by atomic mass is 14.7. The Hall–Kier alpha value is -3.26. The number of nitrogens with one attached hydrogen (secondary N) is 2. The summed E-state index contributed by atoms with van der Waals surface area (Å²) in [4.78, 5) is 7.20. The molecule has 3 aromatic carbocycles. The predicted octanol–water partition coefficient (Wildman–Crippen LogP) is 6.43. The minimum Gasteiger partial charge on any atom is -0.361 e. The van der Waals surface area contributed by atoms with Gasteiger partial charge in [-0.2, -0.15) is 0 Å². The highest BCUT2D eigenvalue weighted by Crippen LogP contribution is 2.51. The van der Waals surface area contributed by atoms with Crippen molar-refractivity contribution in [2.24, 2.45) is 0 Å². The summed E-state index contributed by atoms with van der Waals surface area (Å²) in [6, 6.07) is 22.2. The molecule has 2 heterocycles. The molecule has 0 saturated heterocycles. The van der Waals surface area contributed by atoms with E-state index in [1.807, 2.05) is 0 Å². The molecule has 0 bridgehead atoms. The molecule has 2 heteroatoms. The lowest BCUT2D eigenvalue weighted by atomic mass is 9.87. The van der Waals surface area contributed by atoms with Crippen LogP contribution in [0.5, 0.6) is 0 Å². The number of hydrogen-bond acceptors (Lipinski definition) is 0. The van der Waals surface area contributed by atoms with Gasteiger partial charge in [-0.3, -0.25) is 0 Å². The zero-order chi connectivity index (χ0) is 18.1. The zero-order valence-electron chi connectivity index (χ0n) is 15.4. The second kappa shape index (κ2) is 5.14. The molecule has 2 nitrogen and oxygen atoms in total. The molecule has 1 aliphatic carbocycles. The lowest BCUT2D eigenvalue weighted by Gasteiger charge is -2.14. The van der Waals surface area contributed by atoms with Crippen LogP contribution in [0.3, 0.4) is 0 Å². The zero-order valence-corrected chi connectivity index (χ0v) is 15.4. The largest absolute Gasteiger partial charge is 0.361 e. The molecule has 1 atom stereocenters. The molecule has 0 saturated carbocycles. The van der Waals surface area contributed by atoms with Gasteiger partial charge in [0.2, 0.25) is 0 Å². The van der Waals surface area contributed by atoms with Gasteiger partial charge in [0.15, 0.2) is 0 Å². The quantitative estimate of drug-likeness (QED) is 0.343. The average Bonchev–Trinajstić information content (AvgIpc) is 3.32. The van der Waals surface area contributed by atoms with E-state index in [1.54, 1.807) is 0 Å². The third-order valence-electron chi connectivity index (χ3n) is 6.00. The molecule has 1 unspecified atom stereocenters. The van der Waals surface area contributed by atoms with E-state index in [0.29, 0.717) is 0 Å². The summed E-state index contributed by atoms with van der Waals surface area (Å²) < 4.78 is 0. The Bertz CT molecular complexity index is 1350. The first-order valence-corrected chi connectivity index (χ1v) is 9.50. The van der Waals surface area contributed by atoms with Crippen molar-refractivity contribution >= 4 is 21.8 Å². The number of aromatic amines is 2. The number of fused-ring (bicyclic) bond motifs is 6. The number of rotatable bonds is 1. The lowest BCUT2D eigenvalue weighted by molar-refractivity contribution is 1.04. The van der Waals surface area contributed by atoms with E-state index in [4.69, 9.17) is 0 Å². The molecule has 5 aromatic rings. The minimum absolute atomic E-state index is 0.252. The van der Waals surface area contributed by atoms with Gasteiger partial charge >= 0.3 is 0 Å². The molecule has 0 fully saturated rings. The Labute approximate surface area is 157 Å². The fourth-order valence-corrected chi connectivity index (χ4v) is 4.79. The van der Waals surface area contributed by atoms with Crippen molar-refractivity contribution in [3.63, 3.8) is 0 Å². The van der Waals surface area contributed by atoms with Crippen molar-refractivity contribution in [3.05, 3.63) is 94.7 Å². The van der Waals surface area contributed by atoms with Crippen LogP contribution < -0.4 is 0 Å². The van der Waals surface area contributed by atoms with Gasteiger partial charge in [0.05, 0.1) is 5.69 Å². The molecule has 6 rings (SSSR count). The summed E-state index contributed by atoms with van der Waals surface area (Å²) in [5.41, 5.74) is 11.8. The standard InChI is InChI=1S/C25H20N2/c1-14-7-9-21-18(11-14)20(13-26-21)23-16-5-3-4-6-17(16)25-24(23)19-12-15(2)8-10-22(19)27-25/h3-13,23,26-27H,1-2H3. The van der Waals surface area contributed by atoms with Crippen LogP contribution in [0.1, 0.15) is 33.7 Å². The SMILES string of the molecule is Cc1ccc2[nH]cc(C3c4ccccc4-c4[nH]c5ccc(C)cc5c43)c2c1. The lowest BCUT2D eigenvalue weighted by Crippen LogP contribution is -1.98. The van der Waals surface area contributed by atoms with Gasteiger partial charge in [0.25, 0.3) is 0 Å². The number of hydrogen-bond donors (Lipinski definition) is 2. The number of aryl methyl sites for hydroxylation is 2. The first-order valence-electron chi connectivity index (χ1n) is 9.50. The van der Waals surface area contributed by atoms with Crippen LogP contribution in [-0.2, 0) is 0 Å². The molecule has 2 N–H and O–H groups in total. The molecule has 0 amide bonds. The fourth-order valence-electron chi connectivity index (χ4n) is 4.79. The van der Waals surface area contributed by atoms with Gasteiger partial charge in [-0.1, -0.05) is 47.5 Å². The van der Waals surface area contributed by atoms with E-state index in [1.165, 1.54) is 60.9 Å². The fraction of sp³-hybridized carbons (Fsp3) is 0.120. The molecule has 130 valence electrons. The Morgan fingerprint density at radius 1 is 0.741 bits per heavy atom. The predicted molar refractivity (Wildman–Crippen MR) is 112 cm³/mol. The Kier molecular flexibility index (Phi) is 2.83. The van der Waals surface area contributed by atoms with E-state index >= 15 is 0 Å². The summed E-state index contributed by atoms with van der Waals surface area (Å²) in [6.07, 6.45) is 2.20. The van der Waals surface area contributed by atoms with Crippen molar-refractivity contribution in [1.29, 1.82) is 0 Å². The topological polar surface area (TPSA) is 31.6 Å². The third-order valence-corrected chi connectivity index (χ3v) is 6.00.